The molecular weight excluding hydrogens is 282 g/mol. The maximum Gasteiger partial charge on any atom is 0.145 e. The average Bonchev–Trinajstić information content (AvgIpc) is 2.54. The molecule has 2 rings (SSSR count). The Hall–Kier alpha value is -1.98. The zero-order chi connectivity index (χ0) is 15.1. The van der Waals surface area contributed by atoms with Crippen molar-refractivity contribution in [3.63, 3.8) is 0 Å². The Morgan fingerprint density at radius 3 is 2.43 bits per heavy atom. The van der Waals surface area contributed by atoms with Gasteiger partial charge < -0.3 is 4.74 Å². The van der Waals surface area contributed by atoms with Gasteiger partial charge in [0.15, 0.2) is 0 Å². The third-order valence-corrected chi connectivity index (χ3v) is 3.60. The largest absolute Gasteiger partial charge is 0.456 e. The molecule has 21 heavy (non-hydrogen) atoms. The fourth-order valence-electron chi connectivity index (χ4n) is 2.07. The van der Waals surface area contributed by atoms with Crippen LogP contribution in [0.2, 0.25) is 0 Å². The molecule has 0 aliphatic carbocycles. The van der Waals surface area contributed by atoms with Gasteiger partial charge in [-0.2, -0.15) is 5.26 Å². The van der Waals surface area contributed by atoms with Crippen molar-refractivity contribution in [3.05, 3.63) is 59.2 Å². The topological polar surface area (TPSA) is 33.0 Å². The Balaban J connectivity index is 2.13. The van der Waals surface area contributed by atoms with Crippen molar-refractivity contribution in [1.82, 2.24) is 0 Å². The number of halogens is 1. The number of aryl methyl sites for hydroxylation is 1. The molecule has 0 aliphatic rings. The van der Waals surface area contributed by atoms with Crippen LogP contribution in [0.3, 0.4) is 0 Å². The summed E-state index contributed by atoms with van der Waals surface area (Å²) in [6, 6.07) is 15.6. The van der Waals surface area contributed by atoms with Crippen LogP contribution in [0.25, 0.3) is 0 Å². The molecule has 0 aliphatic heterocycles. The minimum atomic E-state index is 0.390. The molecule has 0 N–H and O–H groups in total. The lowest BCUT2D eigenvalue weighted by Gasteiger charge is -2.09. The van der Waals surface area contributed by atoms with E-state index in [0.717, 1.165) is 17.7 Å². The smallest absolute Gasteiger partial charge is 0.145 e. The SMILES string of the molecule is CCCCc1ccc(Oc2ccc(CCl)cc2C#N)cc1. The summed E-state index contributed by atoms with van der Waals surface area (Å²) in [5.74, 6) is 1.69. The van der Waals surface area contributed by atoms with Gasteiger partial charge in [-0.05, 0) is 48.2 Å². The maximum atomic E-state index is 9.18. The number of rotatable bonds is 6. The van der Waals surface area contributed by atoms with Crippen molar-refractivity contribution < 1.29 is 4.74 Å². The standard InChI is InChI=1S/C18H18ClNO/c1-2-3-4-14-5-8-17(9-6-14)21-18-10-7-15(12-19)11-16(18)13-20/h5-11H,2-4,12H2,1H3. The number of nitriles is 1. The lowest BCUT2D eigenvalue weighted by atomic mass is 10.1. The average molecular weight is 300 g/mol. The number of nitrogens with zero attached hydrogens (tertiary/aromatic N) is 1. The minimum absolute atomic E-state index is 0.390. The van der Waals surface area contributed by atoms with Crippen LogP contribution in [0.5, 0.6) is 11.5 Å². The van der Waals surface area contributed by atoms with Gasteiger partial charge in [0.25, 0.3) is 0 Å². The highest BCUT2D eigenvalue weighted by atomic mass is 35.5. The van der Waals surface area contributed by atoms with Crippen LogP contribution in [-0.4, -0.2) is 0 Å². The first-order chi connectivity index (χ1) is 10.3. The van der Waals surface area contributed by atoms with Gasteiger partial charge in [0.1, 0.15) is 17.6 Å². The molecule has 0 spiro atoms. The highest BCUT2D eigenvalue weighted by Crippen LogP contribution is 2.26. The van der Waals surface area contributed by atoms with E-state index in [-0.39, 0.29) is 0 Å². The Kier molecular flexibility index (Phi) is 5.66. The van der Waals surface area contributed by atoms with Crippen LogP contribution in [0.4, 0.5) is 0 Å². The van der Waals surface area contributed by atoms with Crippen LogP contribution in [0.1, 0.15) is 36.5 Å². The molecule has 2 aromatic rings. The molecule has 0 radical (unpaired) electrons. The zero-order valence-corrected chi connectivity index (χ0v) is 12.9. The lowest BCUT2D eigenvalue weighted by molar-refractivity contribution is 0.480. The first kappa shape index (κ1) is 15.4. The van der Waals surface area contributed by atoms with E-state index in [9.17, 15) is 5.26 Å². The zero-order valence-electron chi connectivity index (χ0n) is 12.1. The van der Waals surface area contributed by atoms with Crippen molar-refractivity contribution in [2.75, 3.05) is 0 Å². The first-order valence-electron chi connectivity index (χ1n) is 7.12. The summed E-state index contributed by atoms with van der Waals surface area (Å²) >= 11 is 5.78. The normalized spacial score (nSPS) is 10.1. The van der Waals surface area contributed by atoms with Crippen molar-refractivity contribution in [2.45, 2.75) is 32.1 Å². The predicted molar refractivity (Wildman–Crippen MR) is 85.8 cm³/mol. The van der Waals surface area contributed by atoms with E-state index in [1.54, 1.807) is 12.1 Å². The summed E-state index contributed by atoms with van der Waals surface area (Å²) in [5.41, 5.74) is 2.72. The van der Waals surface area contributed by atoms with E-state index in [0.29, 0.717) is 17.2 Å². The number of ether oxygens (including phenoxy) is 1. The monoisotopic (exact) mass is 299 g/mol. The summed E-state index contributed by atoms with van der Waals surface area (Å²) < 4.78 is 5.79. The van der Waals surface area contributed by atoms with Gasteiger partial charge in [-0.3, -0.25) is 0 Å². The molecule has 0 fully saturated rings. The van der Waals surface area contributed by atoms with Gasteiger partial charge in [-0.25, -0.2) is 0 Å². The van der Waals surface area contributed by atoms with Gasteiger partial charge in [0.05, 0.1) is 5.56 Å². The lowest BCUT2D eigenvalue weighted by Crippen LogP contribution is -1.91. The number of hydrogen-bond donors (Lipinski definition) is 0. The van der Waals surface area contributed by atoms with Crippen molar-refractivity contribution in [1.29, 1.82) is 5.26 Å². The quantitative estimate of drug-likeness (QED) is 0.666. The third-order valence-electron chi connectivity index (χ3n) is 3.29. The summed E-state index contributed by atoms with van der Waals surface area (Å²) in [4.78, 5) is 0. The van der Waals surface area contributed by atoms with E-state index in [1.807, 2.05) is 18.2 Å². The van der Waals surface area contributed by atoms with Crippen LogP contribution < -0.4 is 4.74 Å². The van der Waals surface area contributed by atoms with Gasteiger partial charge >= 0.3 is 0 Å². The van der Waals surface area contributed by atoms with Crippen LogP contribution >= 0.6 is 11.6 Å². The number of unbranched alkanes of at least 4 members (excludes halogenated alkanes) is 1. The molecule has 108 valence electrons. The van der Waals surface area contributed by atoms with Gasteiger partial charge in [0, 0.05) is 5.88 Å². The number of benzene rings is 2. The fraction of sp³-hybridized carbons (Fsp3) is 0.278. The predicted octanol–water partition coefficient (Wildman–Crippen LogP) is 5.43. The molecule has 0 unspecified atom stereocenters. The molecule has 0 aromatic heterocycles. The second-order valence-corrected chi connectivity index (χ2v) is 5.19. The number of alkyl halides is 1. The van der Waals surface area contributed by atoms with Crippen LogP contribution in [0.15, 0.2) is 42.5 Å². The van der Waals surface area contributed by atoms with Crippen molar-refractivity contribution >= 4 is 11.6 Å². The molecule has 0 heterocycles. The van der Waals surface area contributed by atoms with Crippen molar-refractivity contribution in [2.24, 2.45) is 0 Å². The van der Waals surface area contributed by atoms with E-state index in [4.69, 9.17) is 16.3 Å². The van der Waals surface area contributed by atoms with E-state index >= 15 is 0 Å². The molecule has 0 atom stereocenters. The van der Waals surface area contributed by atoms with Gasteiger partial charge in [0.2, 0.25) is 0 Å². The summed E-state index contributed by atoms with van der Waals surface area (Å²) in [6.45, 7) is 2.19. The molecule has 2 aromatic carbocycles. The van der Waals surface area contributed by atoms with Crippen LogP contribution in [-0.2, 0) is 12.3 Å². The minimum Gasteiger partial charge on any atom is -0.456 e. The number of hydrogen-bond acceptors (Lipinski definition) is 2. The van der Waals surface area contributed by atoms with E-state index < -0.39 is 0 Å². The van der Waals surface area contributed by atoms with Crippen molar-refractivity contribution in [3.8, 4) is 17.6 Å². The first-order valence-corrected chi connectivity index (χ1v) is 7.66. The molecule has 0 bridgehead atoms. The Labute approximate surface area is 130 Å². The molecular formula is C18H18ClNO. The van der Waals surface area contributed by atoms with Gasteiger partial charge in [-0.15, -0.1) is 11.6 Å². The Morgan fingerprint density at radius 2 is 1.81 bits per heavy atom. The molecule has 3 heteroatoms. The second-order valence-electron chi connectivity index (χ2n) is 4.93. The third kappa shape index (κ3) is 4.24. The highest BCUT2D eigenvalue weighted by molar-refractivity contribution is 6.17. The molecule has 0 amide bonds. The van der Waals surface area contributed by atoms with E-state index in [2.05, 4.69) is 25.1 Å². The summed E-state index contributed by atoms with van der Waals surface area (Å²) in [5, 5.41) is 9.18. The summed E-state index contributed by atoms with van der Waals surface area (Å²) in [7, 11) is 0. The second kappa shape index (κ2) is 7.71. The summed E-state index contributed by atoms with van der Waals surface area (Å²) in [6.07, 6.45) is 3.47. The van der Waals surface area contributed by atoms with Gasteiger partial charge in [-0.1, -0.05) is 31.5 Å². The van der Waals surface area contributed by atoms with E-state index in [1.165, 1.54) is 18.4 Å². The maximum absolute atomic E-state index is 9.18. The highest BCUT2D eigenvalue weighted by Gasteiger charge is 2.06. The Morgan fingerprint density at radius 1 is 1.10 bits per heavy atom. The molecule has 0 saturated carbocycles. The Bertz CT molecular complexity index is 629. The molecule has 2 nitrogen and oxygen atoms in total. The molecule has 0 saturated heterocycles. The van der Waals surface area contributed by atoms with Crippen LogP contribution in [0, 0.1) is 11.3 Å². The fourth-order valence-corrected chi connectivity index (χ4v) is 2.23.